The average molecular weight is 273 g/mol. The Morgan fingerprint density at radius 2 is 2.20 bits per heavy atom. The van der Waals surface area contributed by atoms with Crippen molar-refractivity contribution in [2.75, 3.05) is 19.6 Å². The number of phenols is 1. The van der Waals surface area contributed by atoms with E-state index in [1.807, 2.05) is 12.1 Å². The first kappa shape index (κ1) is 13.9. The normalized spacial score (nSPS) is 28.7. The highest BCUT2D eigenvalue weighted by atomic mass is 16.3. The van der Waals surface area contributed by atoms with Crippen molar-refractivity contribution in [3.63, 3.8) is 0 Å². The molecular weight excluding hydrogens is 246 g/mol. The lowest BCUT2D eigenvalue weighted by atomic mass is 9.69. The fourth-order valence-corrected chi connectivity index (χ4v) is 3.86. The molecule has 1 aromatic rings. The highest BCUT2D eigenvalue weighted by molar-refractivity contribution is 5.35. The molecule has 2 heteroatoms. The van der Waals surface area contributed by atoms with E-state index in [4.69, 9.17) is 0 Å². The number of likely N-dealkylation sites (tertiary alicyclic amines) is 1. The third kappa shape index (κ3) is 2.58. The molecule has 1 saturated carbocycles. The van der Waals surface area contributed by atoms with Crippen LogP contribution >= 0.6 is 0 Å². The number of phenolic OH excluding ortho intramolecular Hbond substituents is 1. The van der Waals surface area contributed by atoms with E-state index in [2.05, 4.69) is 24.8 Å². The van der Waals surface area contributed by atoms with Gasteiger partial charge < -0.3 is 10.0 Å². The van der Waals surface area contributed by atoms with Crippen LogP contribution in [0.25, 0.3) is 0 Å². The van der Waals surface area contributed by atoms with Crippen LogP contribution in [0.5, 0.6) is 5.75 Å². The first-order valence-corrected chi connectivity index (χ1v) is 8.16. The summed E-state index contributed by atoms with van der Waals surface area (Å²) in [6, 6.07) is 7.99. The van der Waals surface area contributed by atoms with E-state index >= 15 is 0 Å². The summed E-state index contributed by atoms with van der Waals surface area (Å²) in [6.45, 7) is 8.35. The van der Waals surface area contributed by atoms with Gasteiger partial charge in [-0.2, -0.15) is 0 Å². The summed E-state index contributed by atoms with van der Waals surface area (Å²) in [5, 5.41) is 9.85. The fraction of sp³-hybridized carbons (Fsp3) is 0.667. The van der Waals surface area contributed by atoms with Crippen LogP contribution in [0.3, 0.4) is 0 Å². The van der Waals surface area contributed by atoms with Crippen LogP contribution in [0, 0.1) is 11.8 Å². The van der Waals surface area contributed by atoms with Crippen molar-refractivity contribution in [1.82, 2.24) is 4.90 Å². The van der Waals surface area contributed by atoms with E-state index in [0.717, 1.165) is 5.92 Å². The summed E-state index contributed by atoms with van der Waals surface area (Å²) >= 11 is 0. The lowest BCUT2D eigenvalue weighted by molar-refractivity contribution is 0.247. The van der Waals surface area contributed by atoms with E-state index in [-0.39, 0.29) is 5.41 Å². The topological polar surface area (TPSA) is 23.5 Å². The average Bonchev–Trinajstić information content (AvgIpc) is 3.15. The molecular formula is C18H27NO. The predicted molar refractivity (Wildman–Crippen MR) is 83.0 cm³/mol. The van der Waals surface area contributed by atoms with E-state index in [9.17, 15) is 5.11 Å². The SMILES string of the molecule is CC[C@H](C)[C@]1(c2cccc(O)c2)CCN(CC2CC2)C1. The zero-order valence-electron chi connectivity index (χ0n) is 12.8. The van der Waals surface area contributed by atoms with Gasteiger partial charge in [-0.3, -0.25) is 0 Å². The molecule has 3 rings (SSSR count). The van der Waals surface area contributed by atoms with Crippen LogP contribution in [0.4, 0.5) is 0 Å². The molecule has 110 valence electrons. The summed E-state index contributed by atoms with van der Waals surface area (Å²) in [5.41, 5.74) is 1.58. The number of aromatic hydroxyl groups is 1. The Balaban J connectivity index is 1.85. The summed E-state index contributed by atoms with van der Waals surface area (Å²) in [5.74, 6) is 2.03. The molecule has 2 aliphatic rings. The number of rotatable bonds is 5. The van der Waals surface area contributed by atoms with E-state index < -0.39 is 0 Å². The quantitative estimate of drug-likeness (QED) is 0.882. The van der Waals surface area contributed by atoms with E-state index in [1.165, 1.54) is 50.9 Å². The molecule has 1 N–H and O–H groups in total. The van der Waals surface area contributed by atoms with Gasteiger partial charge in [0.25, 0.3) is 0 Å². The van der Waals surface area contributed by atoms with Crippen molar-refractivity contribution >= 4 is 0 Å². The van der Waals surface area contributed by atoms with Crippen molar-refractivity contribution in [3.8, 4) is 5.75 Å². The highest BCUT2D eigenvalue weighted by Gasteiger charge is 2.44. The Morgan fingerprint density at radius 3 is 2.85 bits per heavy atom. The standard InChI is InChI=1S/C18H27NO/c1-3-14(2)18(16-5-4-6-17(20)11-16)9-10-19(13-18)12-15-7-8-15/h4-6,11,14-15,20H,3,7-10,12-13H2,1-2H3/t14-,18-/m0/s1. The summed E-state index contributed by atoms with van der Waals surface area (Å²) in [6.07, 6.45) is 5.29. The molecule has 0 aromatic heterocycles. The monoisotopic (exact) mass is 273 g/mol. The van der Waals surface area contributed by atoms with Gasteiger partial charge in [-0.05, 0) is 55.3 Å². The molecule has 0 bridgehead atoms. The van der Waals surface area contributed by atoms with Gasteiger partial charge in [-0.15, -0.1) is 0 Å². The largest absolute Gasteiger partial charge is 0.508 e. The van der Waals surface area contributed by atoms with Crippen molar-refractivity contribution in [2.45, 2.75) is 44.9 Å². The van der Waals surface area contributed by atoms with Crippen LogP contribution in [-0.2, 0) is 5.41 Å². The minimum Gasteiger partial charge on any atom is -0.508 e. The molecule has 1 heterocycles. The molecule has 2 atom stereocenters. The molecule has 20 heavy (non-hydrogen) atoms. The number of hydrogen-bond acceptors (Lipinski definition) is 2. The van der Waals surface area contributed by atoms with Crippen molar-refractivity contribution in [3.05, 3.63) is 29.8 Å². The summed E-state index contributed by atoms with van der Waals surface area (Å²) in [4.78, 5) is 2.66. The maximum atomic E-state index is 9.85. The van der Waals surface area contributed by atoms with Gasteiger partial charge in [-0.1, -0.05) is 32.4 Å². The highest BCUT2D eigenvalue weighted by Crippen LogP contribution is 2.44. The molecule has 0 amide bonds. The lowest BCUT2D eigenvalue weighted by Crippen LogP contribution is -2.37. The van der Waals surface area contributed by atoms with Gasteiger partial charge in [0.1, 0.15) is 5.75 Å². The molecule has 2 nitrogen and oxygen atoms in total. The second-order valence-electron chi connectivity index (χ2n) is 6.94. The van der Waals surface area contributed by atoms with Gasteiger partial charge in [0.05, 0.1) is 0 Å². The first-order chi connectivity index (χ1) is 9.64. The van der Waals surface area contributed by atoms with Gasteiger partial charge in [-0.25, -0.2) is 0 Å². The lowest BCUT2D eigenvalue weighted by Gasteiger charge is -2.36. The van der Waals surface area contributed by atoms with Gasteiger partial charge in [0, 0.05) is 18.5 Å². The van der Waals surface area contributed by atoms with Crippen LogP contribution in [0.2, 0.25) is 0 Å². The van der Waals surface area contributed by atoms with Crippen LogP contribution < -0.4 is 0 Å². The second kappa shape index (κ2) is 5.40. The molecule has 0 radical (unpaired) electrons. The molecule has 1 aliphatic carbocycles. The van der Waals surface area contributed by atoms with Crippen molar-refractivity contribution in [2.24, 2.45) is 11.8 Å². The van der Waals surface area contributed by atoms with E-state index in [1.54, 1.807) is 6.07 Å². The maximum absolute atomic E-state index is 9.85. The van der Waals surface area contributed by atoms with E-state index in [0.29, 0.717) is 11.7 Å². The van der Waals surface area contributed by atoms with Gasteiger partial charge in [0.2, 0.25) is 0 Å². The second-order valence-corrected chi connectivity index (χ2v) is 6.94. The zero-order valence-corrected chi connectivity index (χ0v) is 12.8. The van der Waals surface area contributed by atoms with Crippen molar-refractivity contribution < 1.29 is 5.11 Å². The minimum atomic E-state index is 0.238. The smallest absolute Gasteiger partial charge is 0.115 e. The van der Waals surface area contributed by atoms with Gasteiger partial charge >= 0.3 is 0 Å². The third-order valence-electron chi connectivity index (χ3n) is 5.57. The number of benzene rings is 1. The fourth-order valence-electron chi connectivity index (χ4n) is 3.86. The zero-order chi connectivity index (χ0) is 14.2. The summed E-state index contributed by atoms with van der Waals surface area (Å²) < 4.78 is 0. The molecule has 1 aliphatic heterocycles. The molecule has 1 saturated heterocycles. The third-order valence-corrected chi connectivity index (χ3v) is 5.57. The molecule has 0 unspecified atom stereocenters. The number of nitrogens with zero attached hydrogens (tertiary/aromatic N) is 1. The van der Waals surface area contributed by atoms with Crippen LogP contribution in [0.1, 0.15) is 45.1 Å². The Kier molecular flexibility index (Phi) is 3.76. The Morgan fingerprint density at radius 1 is 1.40 bits per heavy atom. The first-order valence-electron chi connectivity index (χ1n) is 8.16. The Bertz CT molecular complexity index is 468. The summed E-state index contributed by atoms with van der Waals surface area (Å²) in [7, 11) is 0. The molecule has 0 spiro atoms. The molecule has 2 fully saturated rings. The van der Waals surface area contributed by atoms with Gasteiger partial charge in [0.15, 0.2) is 0 Å². The minimum absolute atomic E-state index is 0.238. The van der Waals surface area contributed by atoms with Crippen molar-refractivity contribution in [1.29, 1.82) is 0 Å². The maximum Gasteiger partial charge on any atom is 0.115 e. The number of hydrogen-bond donors (Lipinski definition) is 1. The predicted octanol–water partition coefficient (Wildman–Crippen LogP) is 3.79. The van der Waals surface area contributed by atoms with Crippen LogP contribution in [0.15, 0.2) is 24.3 Å². The Hall–Kier alpha value is -1.02. The molecule has 1 aromatic carbocycles. The Labute approximate surface area is 122 Å². The van der Waals surface area contributed by atoms with Crippen LogP contribution in [-0.4, -0.2) is 29.6 Å².